The number of amides is 1. The number of nitrogens with one attached hydrogen (secondary N) is 1. The van der Waals surface area contributed by atoms with Gasteiger partial charge in [0, 0.05) is 13.1 Å². The minimum Gasteiger partial charge on any atom is -0.478 e. The number of thiophene rings is 1. The zero-order chi connectivity index (χ0) is 16.1. The second-order valence-corrected chi connectivity index (χ2v) is 5.59. The molecule has 0 saturated carbocycles. The molecule has 0 saturated heterocycles. The van der Waals surface area contributed by atoms with Crippen LogP contribution in [0.4, 0.5) is 11.4 Å². The Morgan fingerprint density at radius 2 is 1.95 bits per heavy atom. The van der Waals surface area contributed by atoms with Crippen LogP contribution in [0.1, 0.15) is 33.9 Å². The molecule has 2 aromatic rings. The highest BCUT2D eigenvalue weighted by Crippen LogP contribution is 2.28. The van der Waals surface area contributed by atoms with Gasteiger partial charge in [-0.15, -0.1) is 11.3 Å². The fraction of sp³-hybridized carbons (Fsp3) is 0.250. The van der Waals surface area contributed by atoms with Gasteiger partial charge in [0.1, 0.15) is 0 Å². The lowest BCUT2D eigenvalue weighted by Crippen LogP contribution is -2.24. The monoisotopic (exact) mass is 318 g/mol. The molecule has 116 valence electrons. The third-order valence-corrected chi connectivity index (χ3v) is 4.21. The van der Waals surface area contributed by atoms with Crippen molar-refractivity contribution in [3.63, 3.8) is 0 Å². The molecule has 1 aromatic carbocycles. The second-order valence-electron chi connectivity index (χ2n) is 4.64. The summed E-state index contributed by atoms with van der Waals surface area (Å²) in [6.07, 6.45) is 0. The van der Waals surface area contributed by atoms with E-state index >= 15 is 0 Å². The first-order valence-corrected chi connectivity index (χ1v) is 7.91. The van der Waals surface area contributed by atoms with Crippen LogP contribution >= 0.6 is 11.3 Å². The number of hydrogen-bond acceptors (Lipinski definition) is 4. The number of aromatic carboxylic acids is 1. The molecule has 2 rings (SSSR count). The highest BCUT2D eigenvalue weighted by Gasteiger charge is 2.15. The molecule has 5 nitrogen and oxygen atoms in total. The van der Waals surface area contributed by atoms with Gasteiger partial charge in [-0.3, -0.25) is 4.79 Å². The quantitative estimate of drug-likeness (QED) is 0.854. The maximum atomic E-state index is 12.2. The second kappa shape index (κ2) is 7.09. The van der Waals surface area contributed by atoms with E-state index in [-0.39, 0.29) is 11.5 Å². The van der Waals surface area contributed by atoms with E-state index in [2.05, 4.69) is 10.2 Å². The maximum absolute atomic E-state index is 12.2. The van der Waals surface area contributed by atoms with Crippen molar-refractivity contribution in [1.29, 1.82) is 0 Å². The summed E-state index contributed by atoms with van der Waals surface area (Å²) >= 11 is 1.34. The topological polar surface area (TPSA) is 69.6 Å². The third-order valence-electron chi connectivity index (χ3n) is 3.34. The molecule has 0 unspecified atom stereocenters. The average molecular weight is 318 g/mol. The van der Waals surface area contributed by atoms with Crippen molar-refractivity contribution < 1.29 is 14.7 Å². The van der Waals surface area contributed by atoms with E-state index < -0.39 is 5.97 Å². The molecular formula is C16H18N2O3S. The van der Waals surface area contributed by atoms with E-state index in [9.17, 15) is 9.59 Å². The number of carboxylic acids is 1. The van der Waals surface area contributed by atoms with Gasteiger partial charge in [0.2, 0.25) is 0 Å². The first-order valence-electron chi connectivity index (χ1n) is 7.04. The third kappa shape index (κ3) is 3.46. The van der Waals surface area contributed by atoms with Gasteiger partial charge in [0.25, 0.3) is 5.91 Å². The first-order chi connectivity index (χ1) is 10.6. The van der Waals surface area contributed by atoms with Crippen molar-refractivity contribution in [2.75, 3.05) is 23.3 Å². The Morgan fingerprint density at radius 3 is 2.50 bits per heavy atom. The van der Waals surface area contributed by atoms with E-state index in [4.69, 9.17) is 5.11 Å². The first kappa shape index (κ1) is 16.0. The van der Waals surface area contributed by atoms with E-state index in [1.54, 1.807) is 24.3 Å². The molecule has 0 aliphatic carbocycles. The van der Waals surface area contributed by atoms with Gasteiger partial charge < -0.3 is 15.3 Å². The smallest absolute Gasteiger partial charge is 0.335 e. The summed E-state index contributed by atoms with van der Waals surface area (Å²) in [5.41, 5.74) is 1.49. The Balaban J connectivity index is 2.38. The van der Waals surface area contributed by atoms with Crippen LogP contribution in [-0.4, -0.2) is 30.1 Å². The summed E-state index contributed by atoms with van der Waals surface area (Å²) in [5.74, 6) is -1.25. The Kier molecular flexibility index (Phi) is 5.16. The molecule has 2 N–H and O–H groups in total. The minimum atomic E-state index is -1.02. The van der Waals surface area contributed by atoms with E-state index in [0.717, 1.165) is 18.8 Å². The molecule has 0 bridgehead atoms. The predicted octanol–water partition coefficient (Wildman–Crippen LogP) is 3.54. The normalized spacial score (nSPS) is 10.3. The van der Waals surface area contributed by atoms with E-state index in [1.165, 1.54) is 17.4 Å². The average Bonchev–Trinajstić information content (AvgIpc) is 3.04. The number of carbonyl (C=O) groups excluding carboxylic acids is 1. The van der Waals surface area contributed by atoms with Crippen LogP contribution in [0, 0.1) is 0 Å². The Labute approximate surface area is 133 Å². The summed E-state index contributed by atoms with van der Waals surface area (Å²) in [5, 5.41) is 13.8. The number of carbonyl (C=O) groups is 2. The minimum absolute atomic E-state index is 0.150. The van der Waals surface area contributed by atoms with Crippen LogP contribution in [0.25, 0.3) is 0 Å². The van der Waals surface area contributed by atoms with Gasteiger partial charge in [-0.1, -0.05) is 6.07 Å². The van der Waals surface area contributed by atoms with Crippen molar-refractivity contribution in [1.82, 2.24) is 0 Å². The number of benzene rings is 1. The summed E-state index contributed by atoms with van der Waals surface area (Å²) < 4.78 is 0. The molecule has 0 fully saturated rings. The van der Waals surface area contributed by atoms with Crippen molar-refractivity contribution in [3.05, 3.63) is 46.2 Å². The zero-order valence-corrected chi connectivity index (χ0v) is 13.3. The zero-order valence-electron chi connectivity index (χ0n) is 12.5. The lowest BCUT2D eigenvalue weighted by molar-refractivity contribution is 0.0696. The van der Waals surface area contributed by atoms with Crippen LogP contribution in [0.3, 0.4) is 0 Å². The number of carboxylic acid groups (broad SMARTS) is 1. The highest BCUT2D eigenvalue weighted by molar-refractivity contribution is 7.12. The fourth-order valence-corrected chi connectivity index (χ4v) is 2.82. The molecule has 1 heterocycles. The van der Waals surface area contributed by atoms with Crippen molar-refractivity contribution >= 4 is 34.6 Å². The Bertz CT molecular complexity index is 664. The molecule has 0 radical (unpaired) electrons. The lowest BCUT2D eigenvalue weighted by Gasteiger charge is -2.24. The van der Waals surface area contributed by atoms with Crippen molar-refractivity contribution in [2.45, 2.75) is 13.8 Å². The summed E-state index contributed by atoms with van der Waals surface area (Å²) in [7, 11) is 0. The molecule has 0 spiro atoms. The van der Waals surface area contributed by atoms with Crippen LogP contribution in [0.5, 0.6) is 0 Å². The van der Waals surface area contributed by atoms with Gasteiger partial charge in [-0.05, 0) is 43.5 Å². The largest absolute Gasteiger partial charge is 0.478 e. The number of hydrogen-bond donors (Lipinski definition) is 2. The molecule has 1 aromatic heterocycles. The number of anilines is 2. The van der Waals surface area contributed by atoms with E-state index in [1.807, 2.05) is 19.2 Å². The number of nitrogens with zero attached hydrogens (tertiary/aromatic N) is 1. The Morgan fingerprint density at radius 1 is 1.23 bits per heavy atom. The predicted molar refractivity (Wildman–Crippen MR) is 89.2 cm³/mol. The van der Waals surface area contributed by atoms with Crippen LogP contribution in [0.2, 0.25) is 0 Å². The van der Waals surface area contributed by atoms with Gasteiger partial charge in [-0.2, -0.15) is 0 Å². The van der Waals surface area contributed by atoms with Gasteiger partial charge in [-0.25, -0.2) is 4.79 Å². The van der Waals surface area contributed by atoms with Gasteiger partial charge in [0.15, 0.2) is 0 Å². The van der Waals surface area contributed by atoms with Gasteiger partial charge in [0.05, 0.1) is 21.8 Å². The molecule has 6 heteroatoms. The SMILES string of the molecule is CCN(CC)c1ccc(C(=O)O)cc1NC(=O)c1cccs1. The van der Waals surface area contributed by atoms with Crippen LogP contribution < -0.4 is 10.2 Å². The Hall–Kier alpha value is -2.34. The summed E-state index contributed by atoms with van der Waals surface area (Å²) in [6.45, 7) is 5.56. The molecule has 0 atom stereocenters. The lowest BCUT2D eigenvalue weighted by atomic mass is 10.1. The van der Waals surface area contributed by atoms with Crippen molar-refractivity contribution in [2.24, 2.45) is 0 Å². The van der Waals surface area contributed by atoms with Crippen LogP contribution in [0.15, 0.2) is 35.7 Å². The van der Waals surface area contributed by atoms with Gasteiger partial charge >= 0.3 is 5.97 Å². The standard InChI is InChI=1S/C16H18N2O3S/c1-3-18(4-2)13-8-7-11(16(20)21)10-12(13)17-15(19)14-6-5-9-22-14/h5-10H,3-4H2,1-2H3,(H,17,19)(H,20,21). The highest BCUT2D eigenvalue weighted by atomic mass is 32.1. The molecule has 1 amide bonds. The maximum Gasteiger partial charge on any atom is 0.335 e. The van der Waals surface area contributed by atoms with Crippen LogP contribution in [-0.2, 0) is 0 Å². The summed E-state index contributed by atoms with van der Waals surface area (Å²) in [4.78, 5) is 26.1. The molecule has 0 aliphatic rings. The van der Waals surface area contributed by atoms with Crippen molar-refractivity contribution in [3.8, 4) is 0 Å². The van der Waals surface area contributed by atoms with E-state index in [0.29, 0.717) is 10.6 Å². The summed E-state index contributed by atoms with van der Waals surface area (Å²) in [6, 6.07) is 8.33. The fourth-order valence-electron chi connectivity index (χ4n) is 2.20. The number of rotatable bonds is 6. The molecule has 22 heavy (non-hydrogen) atoms. The molecular weight excluding hydrogens is 300 g/mol. The molecule has 0 aliphatic heterocycles.